The standard InChI is InChI=1S/C21H26ClN3O/c1-16-8-11-24(12-9-16)20(26)15-25-14-13-23-10-4-7-19(23)21(25)17-5-2-3-6-18(17)22/h2-7,10,16,21H,8-9,11-15H2,1H3. The Morgan fingerprint density at radius 1 is 1.08 bits per heavy atom. The summed E-state index contributed by atoms with van der Waals surface area (Å²) in [4.78, 5) is 17.3. The highest BCUT2D eigenvalue weighted by Gasteiger charge is 2.32. The number of carbonyl (C=O) groups is 1. The molecule has 2 aliphatic rings. The summed E-state index contributed by atoms with van der Waals surface area (Å²) < 4.78 is 2.28. The van der Waals surface area contributed by atoms with Crippen molar-refractivity contribution in [3.63, 3.8) is 0 Å². The highest BCUT2D eigenvalue weighted by molar-refractivity contribution is 6.31. The Morgan fingerprint density at radius 2 is 1.85 bits per heavy atom. The lowest BCUT2D eigenvalue weighted by atomic mass is 9.98. The first kappa shape index (κ1) is 17.6. The van der Waals surface area contributed by atoms with Crippen LogP contribution in [0.1, 0.15) is 37.1 Å². The third kappa shape index (κ3) is 3.40. The molecule has 3 heterocycles. The summed E-state index contributed by atoms with van der Waals surface area (Å²) in [7, 11) is 0. The van der Waals surface area contributed by atoms with E-state index in [1.54, 1.807) is 0 Å². The number of hydrogen-bond acceptors (Lipinski definition) is 2. The SMILES string of the molecule is CC1CCN(C(=O)CN2CCn3cccc3C2c2ccccc2Cl)CC1. The van der Waals surface area contributed by atoms with E-state index >= 15 is 0 Å². The molecule has 0 saturated carbocycles. The third-order valence-corrected chi connectivity index (χ3v) is 6.16. The fourth-order valence-electron chi connectivity index (χ4n) is 4.19. The van der Waals surface area contributed by atoms with Crippen LogP contribution in [0.5, 0.6) is 0 Å². The van der Waals surface area contributed by atoms with Crippen LogP contribution in [0.4, 0.5) is 0 Å². The van der Waals surface area contributed by atoms with Gasteiger partial charge in [-0.15, -0.1) is 0 Å². The predicted molar refractivity (Wildman–Crippen MR) is 104 cm³/mol. The van der Waals surface area contributed by atoms with E-state index in [-0.39, 0.29) is 11.9 Å². The highest BCUT2D eigenvalue weighted by atomic mass is 35.5. The van der Waals surface area contributed by atoms with Gasteiger partial charge in [-0.05, 0) is 42.5 Å². The van der Waals surface area contributed by atoms with Gasteiger partial charge < -0.3 is 9.47 Å². The minimum absolute atomic E-state index is 0.0279. The van der Waals surface area contributed by atoms with E-state index in [0.717, 1.165) is 55.5 Å². The lowest BCUT2D eigenvalue weighted by Crippen LogP contribution is -2.47. The molecule has 1 atom stereocenters. The molecule has 0 N–H and O–H groups in total. The molecule has 4 rings (SSSR count). The molecule has 2 aromatic rings. The molecular weight excluding hydrogens is 346 g/mol. The van der Waals surface area contributed by atoms with Gasteiger partial charge in [0.1, 0.15) is 0 Å². The first-order valence-corrected chi connectivity index (χ1v) is 9.92. The first-order chi connectivity index (χ1) is 12.6. The zero-order valence-corrected chi connectivity index (χ0v) is 16.0. The molecule has 1 aromatic carbocycles. The molecule has 138 valence electrons. The van der Waals surface area contributed by atoms with Gasteiger partial charge in [0.2, 0.25) is 5.91 Å². The van der Waals surface area contributed by atoms with E-state index in [4.69, 9.17) is 11.6 Å². The largest absolute Gasteiger partial charge is 0.348 e. The van der Waals surface area contributed by atoms with Crippen LogP contribution in [0, 0.1) is 5.92 Å². The molecule has 0 aliphatic carbocycles. The van der Waals surface area contributed by atoms with Gasteiger partial charge >= 0.3 is 0 Å². The number of nitrogens with zero attached hydrogens (tertiary/aromatic N) is 3. The molecule has 5 heteroatoms. The van der Waals surface area contributed by atoms with Gasteiger partial charge in [0.05, 0.1) is 12.6 Å². The summed E-state index contributed by atoms with van der Waals surface area (Å²) in [6.45, 7) is 6.27. The molecule has 0 bridgehead atoms. The number of likely N-dealkylation sites (tertiary alicyclic amines) is 1. The van der Waals surface area contributed by atoms with Crippen molar-refractivity contribution in [2.75, 3.05) is 26.2 Å². The van der Waals surface area contributed by atoms with Gasteiger partial charge in [-0.3, -0.25) is 9.69 Å². The number of benzene rings is 1. The molecule has 0 spiro atoms. The van der Waals surface area contributed by atoms with Crippen LogP contribution >= 0.6 is 11.6 Å². The summed E-state index contributed by atoms with van der Waals surface area (Å²) in [6, 6.07) is 12.2. The third-order valence-electron chi connectivity index (χ3n) is 5.81. The van der Waals surface area contributed by atoms with E-state index in [1.165, 1.54) is 5.69 Å². The van der Waals surface area contributed by atoms with Crippen LogP contribution in [0.25, 0.3) is 0 Å². The van der Waals surface area contributed by atoms with Gasteiger partial charge in [0, 0.05) is 43.1 Å². The van der Waals surface area contributed by atoms with Gasteiger partial charge in [0.25, 0.3) is 0 Å². The molecule has 1 aromatic heterocycles. The molecule has 1 saturated heterocycles. The molecule has 4 nitrogen and oxygen atoms in total. The molecular formula is C21H26ClN3O. The van der Waals surface area contributed by atoms with Crippen molar-refractivity contribution < 1.29 is 4.79 Å². The van der Waals surface area contributed by atoms with Crippen molar-refractivity contribution in [2.24, 2.45) is 5.92 Å². The van der Waals surface area contributed by atoms with Gasteiger partial charge in [0.15, 0.2) is 0 Å². The summed E-state index contributed by atoms with van der Waals surface area (Å²) in [5, 5.41) is 0.761. The minimum Gasteiger partial charge on any atom is -0.348 e. The monoisotopic (exact) mass is 371 g/mol. The average molecular weight is 372 g/mol. The minimum atomic E-state index is 0.0279. The number of piperidine rings is 1. The maximum atomic E-state index is 12.9. The highest BCUT2D eigenvalue weighted by Crippen LogP contribution is 2.36. The molecule has 1 unspecified atom stereocenters. The van der Waals surface area contributed by atoms with E-state index in [0.29, 0.717) is 6.54 Å². The summed E-state index contributed by atoms with van der Waals surface area (Å²) in [5.41, 5.74) is 2.29. The Hall–Kier alpha value is -1.78. The topological polar surface area (TPSA) is 28.5 Å². The zero-order chi connectivity index (χ0) is 18.1. The summed E-state index contributed by atoms with van der Waals surface area (Å²) >= 11 is 6.53. The van der Waals surface area contributed by atoms with E-state index in [2.05, 4.69) is 40.8 Å². The van der Waals surface area contributed by atoms with Gasteiger partial charge in [-0.1, -0.05) is 36.7 Å². The number of amides is 1. The maximum Gasteiger partial charge on any atom is 0.236 e. The predicted octanol–water partition coefficient (Wildman–Crippen LogP) is 3.81. The normalized spacial score (nSPS) is 21.6. The molecule has 1 fully saturated rings. The van der Waals surface area contributed by atoms with Crippen LogP contribution in [0.15, 0.2) is 42.6 Å². The van der Waals surface area contributed by atoms with Crippen molar-refractivity contribution >= 4 is 17.5 Å². The van der Waals surface area contributed by atoms with Crippen molar-refractivity contribution in [3.8, 4) is 0 Å². The Bertz CT molecular complexity index is 779. The number of fused-ring (bicyclic) bond motifs is 1. The smallest absolute Gasteiger partial charge is 0.236 e. The molecule has 2 aliphatic heterocycles. The second kappa shape index (κ2) is 7.45. The Balaban J connectivity index is 1.58. The van der Waals surface area contributed by atoms with Crippen molar-refractivity contribution in [1.82, 2.24) is 14.4 Å². The fourth-order valence-corrected chi connectivity index (χ4v) is 4.43. The van der Waals surface area contributed by atoms with Gasteiger partial charge in [-0.2, -0.15) is 0 Å². The van der Waals surface area contributed by atoms with Gasteiger partial charge in [-0.25, -0.2) is 0 Å². The van der Waals surface area contributed by atoms with Crippen LogP contribution in [0.3, 0.4) is 0 Å². The van der Waals surface area contributed by atoms with Crippen molar-refractivity contribution in [1.29, 1.82) is 0 Å². The quantitative estimate of drug-likeness (QED) is 0.820. The van der Waals surface area contributed by atoms with Crippen molar-refractivity contribution in [2.45, 2.75) is 32.4 Å². The Morgan fingerprint density at radius 3 is 2.62 bits per heavy atom. The lowest BCUT2D eigenvalue weighted by molar-refractivity contribution is -0.134. The van der Waals surface area contributed by atoms with Crippen LogP contribution in [0.2, 0.25) is 5.02 Å². The van der Waals surface area contributed by atoms with Crippen LogP contribution in [-0.4, -0.2) is 46.5 Å². The molecule has 1 amide bonds. The summed E-state index contributed by atoms with van der Waals surface area (Å²) in [5.74, 6) is 0.974. The van der Waals surface area contributed by atoms with Crippen LogP contribution < -0.4 is 0 Å². The van der Waals surface area contributed by atoms with E-state index < -0.39 is 0 Å². The number of carbonyl (C=O) groups excluding carboxylic acids is 1. The van der Waals surface area contributed by atoms with E-state index in [1.807, 2.05) is 23.1 Å². The van der Waals surface area contributed by atoms with E-state index in [9.17, 15) is 4.79 Å². The number of rotatable bonds is 3. The Kier molecular flexibility index (Phi) is 5.05. The number of hydrogen-bond donors (Lipinski definition) is 0. The number of aromatic nitrogens is 1. The average Bonchev–Trinajstić information content (AvgIpc) is 3.12. The number of halogens is 1. The fraction of sp³-hybridized carbons (Fsp3) is 0.476. The zero-order valence-electron chi connectivity index (χ0n) is 15.3. The first-order valence-electron chi connectivity index (χ1n) is 9.55. The maximum absolute atomic E-state index is 12.9. The van der Waals surface area contributed by atoms with Crippen LogP contribution in [-0.2, 0) is 11.3 Å². The lowest BCUT2D eigenvalue weighted by Gasteiger charge is -2.39. The Labute approximate surface area is 160 Å². The second-order valence-corrected chi connectivity index (χ2v) is 7.99. The summed E-state index contributed by atoms with van der Waals surface area (Å²) in [6.07, 6.45) is 4.34. The van der Waals surface area contributed by atoms with Crippen molar-refractivity contribution in [3.05, 3.63) is 58.9 Å². The molecule has 0 radical (unpaired) electrons. The molecule has 26 heavy (non-hydrogen) atoms. The second-order valence-electron chi connectivity index (χ2n) is 7.58.